The molecule has 1 saturated heterocycles. The summed E-state index contributed by atoms with van der Waals surface area (Å²) in [5.41, 5.74) is 0.990. The number of benzene rings is 1. The van der Waals surface area contributed by atoms with Crippen molar-refractivity contribution in [3.05, 3.63) is 41.3 Å². The molecule has 3 rings (SSSR count). The van der Waals surface area contributed by atoms with Crippen molar-refractivity contribution in [1.29, 1.82) is 10.7 Å². The SMILES string of the molecule is COCC(=O)N/C=C(\C=N)c1ccc(C[C@@H](C#N)NC(=O)[C@H]2N[C@@H]3CC[C@H]2C3)c(F)c1. The van der Waals surface area contributed by atoms with Crippen LogP contribution in [0.1, 0.15) is 30.4 Å². The average molecular weight is 427 g/mol. The lowest BCUT2D eigenvalue weighted by Gasteiger charge is -2.23. The molecule has 31 heavy (non-hydrogen) atoms. The lowest BCUT2D eigenvalue weighted by molar-refractivity contribution is -0.125. The highest BCUT2D eigenvalue weighted by molar-refractivity contribution is 6.08. The van der Waals surface area contributed by atoms with E-state index in [9.17, 15) is 19.2 Å². The molecule has 0 spiro atoms. The van der Waals surface area contributed by atoms with Crippen molar-refractivity contribution in [2.75, 3.05) is 13.7 Å². The predicted molar refractivity (Wildman–Crippen MR) is 112 cm³/mol. The maximum atomic E-state index is 14.7. The number of rotatable bonds is 9. The molecule has 1 saturated carbocycles. The van der Waals surface area contributed by atoms with Crippen molar-refractivity contribution in [1.82, 2.24) is 16.0 Å². The predicted octanol–water partition coefficient (Wildman–Crippen LogP) is 1.27. The van der Waals surface area contributed by atoms with Gasteiger partial charge in [0.05, 0.1) is 12.1 Å². The number of methoxy groups -OCH3 is 1. The number of hydrogen-bond donors (Lipinski definition) is 4. The average Bonchev–Trinajstić information content (AvgIpc) is 3.39. The number of piperidine rings is 1. The van der Waals surface area contributed by atoms with Gasteiger partial charge in [-0.3, -0.25) is 9.59 Å². The summed E-state index contributed by atoms with van der Waals surface area (Å²) in [6, 6.07) is 5.64. The van der Waals surface area contributed by atoms with Gasteiger partial charge in [-0.2, -0.15) is 5.26 Å². The summed E-state index contributed by atoms with van der Waals surface area (Å²) >= 11 is 0. The number of nitrogens with zero attached hydrogens (tertiary/aromatic N) is 1. The van der Waals surface area contributed by atoms with Crippen LogP contribution >= 0.6 is 0 Å². The van der Waals surface area contributed by atoms with Gasteiger partial charge in [0.15, 0.2) is 0 Å². The van der Waals surface area contributed by atoms with Crippen molar-refractivity contribution < 1.29 is 18.7 Å². The molecule has 0 radical (unpaired) electrons. The summed E-state index contributed by atoms with van der Waals surface area (Å²) in [6.45, 7) is -0.131. The van der Waals surface area contributed by atoms with Gasteiger partial charge in [0, 0.05) is 37.6 Å². The Labute approximate surface area is 180 Å². The molecule has 1 aliphatic carbocycles. The number of nitriles is 1. The van der Waals surface area contributed by atoms with Gasteiger partial charge >= 0.3 is 0 Å². The minimum absolute atomic E-state index is 0.0311. The highest BCUT2D eigenvalue weighted by Crippen LogP contribution is 2.35. The fourth-order valence-corrected chi connectivity index (χ4v) is 4.19. The van der Waals surface area contributed by atoms with Gasteiger partial charge in [-0.15, -0.1) is 0 Å². The lowest BCUT2D eigenvalue weighted by atomic mass is 9.98. The Balaban J connectivity index is 1.63. The van der Waals surface area contributed by atoms with Crippen LogP contribution in [0.15, 0.2) is 24.4 Å². The van der Waals surface area contributed by atoms with E-state index >= 15 is 0 Å². The summed E-state index contributed by atoms with van der Waals surface area (Å²) in [5.74, 6) is -0.856. The molecule has 9 heteroatoms. The summed E-state index contributed by atoms with van der Waals surface area (Å²) in [5, 5.41) is 25.4. The monoisotopic (exact) mass is 427 g/mol. The number of halogens is 1. The maximum absolute atomic E-state index is 14.7. The van der Waals surface area contributed by atoms with Crippen molar-refractivity contribution in [3.8, 4) is 6.07 Å². The van der Waals surface area contributed by atoms with E-state index in [4.69, 9.17) is 10.1 Å². The summed E-state index contributed by atoms with van der Waals surface area (Å²) in [4.78, 5) is 24.0. The summed E-state index contributed by atoms with van der Waals surface area (Å²) in [7, 11) is 1.39. The van der Waals surface area contributed by atoms with Crippen LogP contribution in [-0.4, -0.2) is 49.9 Å². The summed E-state index contributed by atoms with van der Waals surface area (Å²) < 4.78 is 19.4. The second kappa shape index (κ2) is 10.3. The molecule has 1 heterocycles. The van der Waals surface area contributed by atoms with E-state index in [0.29, 0.717) is 23.1 Å². The molecule has 0 unspecified atom stereocenters. The van der Waals surface area contributed by atoms with Crippen LogP contribution in [0.2, 0.25) is 0 Å². The largest absolute Gasteiger partial charge is 0.375 e. The molecule has 4 N–H and O–H groups in total. The Bertz CT molecular complexity index is 926. The van der Waals surface area contributed by atoms with Gasteiger partial charge in [-0.25, -0.2) is 4.39 Å². The molecule has 2 bridgehead atoms. The fourth-order valence-electron chi connectivity index (χ4n) is 4.19. The lowest BCUT2D eigenvalue weighted by Crippen LogP contribution is -2.50. The first-order chi connectivity index (χ1) is 14.9. The second-order valence-corrected chi connectivity index (χ2v) is 7.86. The molecule has 2 amide bonds. The molecular weight excluding hydrogens is 401 g/mol. The van der Waals surface area contributed by atoms with Gasteiger partial charge in [0.2, 0.25) is 11.8 Å². The smallest absolute Gasteiger partial charge is 0.249 e. The van der Waals surface area contributed by atoms with Crippen LogP contribution in [0.25, 0.3) is 5.57 Å². The number of ether oxygens (including phenoxy) is 1. The van der Waals surface area contributed by atoms with E-state index in [1.54, 1.807) is 6.07 Å². The molecule has 1 aliphatic heterocycles. The molecule has 0 aromatic heterocycles. The van der Waals surface area contributed by atoms with Crippen molar-refractivity contribution in [2.45, 2.75) is 43.8 Å². The quantitative estimate of drug-likeness (QED) is 0.442. The third-order valence-corrected chi connectivity index (χ3v) is 5.74. The minimum Gasteiger partial charge on any atom is -0.375 e. The van der Waals surface area contributed by atoms with Crippen LogP contribution in [0.3, 0.4) is 0 Å². The van der Waals surface area contributed by atoms with Gasteiger partial charge < -0.3 is 26.1 Å². The van der Waals surface area contributed by atoms with E-state index in [0.717, 1.165) is 25.5 Å². The second-order valence-electron chi connectivity index (χ2n) is 7.86. The van der Waals surface area contributed by atoms with Crippen LogP contribution < -0.4 is 16.0 Å². The van der Waals surface area contributed by atoms with E-state index in [2.05, 4.69) is 16.0 Å². The third-order valence-electron chi connectivity index (χ3n) is 5.74. The molecule has 1 aromatic carbocycles. The first-order valence-electron chi connectivity index (χ1n) is 10.2. The zero-order valence-corrected chi connectivity index (χ0v) is 17.3. The Morgan fingerprint density at radius 1 is 1.45 bits per heavy atom. The molecule has 1 aromatic rings. The number of carbonyl (C=O) groups excluding carboxylic acids is 2. The van der Waals surface area contributed by atoms with Crippen LogP contribution in [0.4, 0.5) is 4.39 Å². The van der Waals surface area contributed by atoms with Gasteiger partial charge in [0.25, 0.3) is 0 Å². The number of carbonyl (C=O) groups is 2. The van der Waals surface area contributed by atoms with E-state index in [1.807, 2.05) is 6.07 Å². The first kappa shape index (κ1) is 22.6. The van der Waals surface area contributed by atoms with Crippen LogP contribution in [0, 0.1) is 28.5 Å². The minimum atomic E-state index is -0.847. The number of allylic oxidation sites excluding steroid dienone is 1. The molecule has 2 aliphatic rings. The Hall–Kier alpha value is -3.09. The molecule has 2 fully saturated rings. The van der Waals surface area contributed by atoms with Crippen molar-refractivity contribution in [3.63, 3.8) is 0 Å². The number of hydrogen-bond acceptors (Lipinski definition) is 6. The number of amides is 2. The maximum Gasteiger partial charge on any atom is 0.249 e. The molecule has 164 valence electrons. The fraction of sp³-hybridized carbons (Fsp3) is 0.455. The molecular formula is C22H26FN5O3. The van der Waals surface area contributed by atoms with Crippen molar-refractivity contribution in [2.24, 2.45) is 5.92 Å². The number of nitrogens with one attached hydrogen (secondary N) is 4. The molecule has 4 atom stereocenters. The normalized spacial score (nSPS) is 23.1. The highest BCUT2D eigenvalue weighted by atomic mass is 19.1. The Kier molecular flexibility index (Phi) is 7.50. The zero-order chi connectivity index (χ0) is 22.4. The Morgan fingerprint density at radius 2 is 2.26 bits per heavy atom. The van der Waals surface area contributed by atoms with Crippen molar-refractivity contribution >= 4 is 23.6 Å². The standard InChI is InChI=1S/C22H26FN5O3/c1-31-12-20(29)26-11-16(9-24)13-2-3-14(19(23)8-13)6-18(10-25)28-22(30)21-15-4-5-17(7-15)27-21/h2-3,8-9,11,15,17-18,21,24,27H,4-7,12H2,1H3,(H,26,29)(H,28,30)/b16-11+,24-9?/t15-,17+,18-,21-/m0/s1. The first-order valence-corrected chi connectivity index (χ1v) is 10.2. The van der Waals surface area contributed by atoms with Gasteiger partial charge in [-0.05, 0) is 42.4 Å². The van der Waals surface area contributed by atoms with Gasteiger partial charge in [0.1, 0.15) is 18.5 Å². The van der Waals surface area contributed by atoms with Crippen LogP contribution in [-0.2, 0) is 20.7 Å². The highest BCUT2D eigenvalue weighted by Gasteiger charge is 2.43. The molecule has 8 nitrogen and oxygen atoms in total. The van der Waals surface area contributed by atoms with E-state index in [-0.39, 0.29) is 30.5 Å². The topological polar surface area (TPSA) is 127 Å². The van der Waals surface area contributed by atoms with E-state index < -0.39 is 17.8 Å². The third kappa shape index (κ3) is 5.54. The summed E-state index contributed by atoms with van der Waals surface area (Å²) in [6.07, 6.45) is 5.42. The zero-order valence-electron chi connectivity index (χ0n) is 17.3. The van der Waals surface area contributed by atoms with Crippen LogP contribution in [0.5, 0.6) is 0 Å². The van der Waals surface area contributed by atoms with E-state index in [1.165, 1.54) is 25.4 Å². The Morgan fingerprint density at radius 3 is 2.84 bits per heavy atom. The van der Waals surface area contributed by atoms with Gasteiger partial charge in [-0.1, -0.05) is 12.1 Å². The number of fused-ring (bicyclic) bond motifs is 2.